The number of urea groups is 1. The van der Waals surface area contributed by atoms with Gasteiger partial charge in [-0.05, 0) is 31.2 Å². The molecule has 0 unspecified atom stereocenters. The van der Waals surface area contributed by atoms with Crippen molar-refractivity contribution in [1.29, 1.82) is 0 Å². The van der Waals surface area contributed by atoms with Crippen LogP contribution in [0.5, 0.6) is 0 Å². The average Bonchev–Trinajstić information content (AvgIpc) is 2.46. The maximum atomic E-state index is 12.4. The molecule has 0 fully saturated rings. The van der Waals surface area contributed by atoms with Crippen LogP contribution in [0.1, 0.15) is 5.56 Å². The second-order valence-corrected chi connectivity index (χ2v) is 4.57. The molecule has 0 aliphatic heterocycles. The molecule has 2 amide bonds. The topological polar surface area (TPSA) is 23.6 Å². The lowest BCUT2D eigenvalue weighted by Crippen LogP contribution is -2.38. The van der Waals surface area contributed by atoms with Crippen LogP contribution < -0.4 is 9.80 Å². The van der Waals surface area contributed by atoms with Crippen LogP contribution in [0.15, 0.2) is 54.6 Å². The van der Waals surface area contributed by atoms with Crippen LogP contribution in [-0.4, -0.2) is 20.1 Å². The summed E-state index contributed by atoms with van der Waals surface area (Å²) in [6.07, 6.45) is 0. The first-order valence-electron chi connectivity index (χ1n) is 6.23. The van der Waals surface area contributed by atoms with Gasteiger partial charge in [-0.2, -0.15) is 0 Å². The summed E-state index contributed by atoms with van der Waals surface area (Å²) in [5, 5.41) is 0. The molecule has 0 aliphatic rings. The largest absolute Gasteiger partial charge is 0.328 e. The number of nitrogens with zero attached hydrogens (tertiary/aromatic N) is 2. The molecule has 98 valence electrons. The highest BCUT2D eigenvalue weighted by atomic mass is 16.2. The van der Waals surface area contributed by atoms with Crippen LogP contribution in [0.2, 0.25) is 0 Å². The zero-order valence-corrected chi connectivity index (χ0v) is 11.5. The third kappa shape index (κ3) is 2.94. The second-order valence-electron chi connectivity index (χ2n) is 4.57. The number of carbonyl (C=O) groups excluding carboxylic acids is 1. The van der Waals surface area contributed by atoms with Gasteiger partial charge in [0.25, 0.3) is 0 Å². The van der Waals surface area contributed by atoms with E-state index < -0.39 is 0 Å². The molecule has 0 saturated heterocycles. The fourth-order valence-corrected chi connectivity index (χ4v) is 1.87. The standard InChI is InChI=1S/C16H18N2O/c1-13-9-11-15(12-10-13)18(3)16(19)17(2)14-7-5-4-6-8-14/h4-12H,1-3H3. The number of anilines is 2. The zero-order chi connectivity index (χ0) is 13.8. The Kier molecular flexibility index (Phi) is 3.85. The van der Waals surface area contributed by atoms with E-state index in [-0.39, 0.29) is 6.03 Å². The van der Waals surface area contributed by atoms with Gasteiger partial charge in [0.05, 0.1) is 0 Å². The molecule has 2 aromatic rings. The molecule has 3 heteroatoms. The summed E-state index contributed by atoms with van der Waals surface area (Å²) in [6, 6.07) is 17.5. The van der Waals surface area contributed by atoms with Crippen LogP contribution >= 0.6 is 0 Å². The van der Waals surface area contributed by atoms with Crippen LogP contribution in [0.4, 0.5) is 16.2 Å². The van der Waals surface area contributed by atoms with E-state index in [1.807, 2.05) is 61.5 Å². The van der Waals surface area contributed by atoms with E-state index in [1.54, 1.807) is 23.9 Å². The third-order valence-electron chi connectivity index (χ3n) is 3.14. The lowest BCUT2D eigenvalue weighted by atomic mass is 10.2. The molecular formula is C16H18N2O. The molecule has 0 aliphatic carbocycles. The molecule has 0 saturated carbocycles. The van der Waals surface area contributed by atoms with E-state index in [1.165, 1.54) is 5.56 Å². The normalized spacial score (nSPS) is 10.1. The molecule has 0 bridgehead atoms. The molecule has 0 radical (unpaired) electrons. The molecule has 3 nitrogen and oxygen atoms in total. The van der Waals surface area contributed by atoms with Gasteiger partial charge in [-0.15, -0.1) is 0 Å². The van der Waals surface area contributed by atoms with Crippen LogP contribution in [0, 0.1) is 6.92 Å². The number of para-hydroxylation sites is 1. The van der Waals surface area contributed by atoms with E-state index >= 15 is 0 Å². The van der Waals surface area contributed by atoms with Crippen molar-refractivity contribution in [3.8, 4) is 0 Å². The van der Waals surface area contributed by atoms with Gasteiger partial charge < -0.3 is 0 Å². The fourth-order valence-electron chi connectivity index (χ4n) is 1.87. The lowest BCUT2D eigenvalue weighted by Gasteiger charge is -2.25. The lowest BCUT2D eigenvalue weighted by molar-refractivity contribution is 0.253. The number of carbonyl (C=O) groups is 1. The van der Waals surface area contributed by atoms with Crippen molar-refractivity contribution >= 4 is 17.4 Å². The second kappa shape index (κ2) is 5.57. The number of hydrogen-bond donors (Lipinski definition) is 0. The predicted molar refractivity (Wildman–Crippen MR) is 79.8 cm³/mol. The van der Waals surface area contributed by atoms with Gasteiger partial charge in [-0.25, -0.2) is 4.79 Å². The highest BCUT2D eigenvalue weighted by Gasteiger charge is 2.16. The Morgan fingerprint density at radius 2 is 1.26 bits per heavy atom. The Bertz CT molecular complexity index is 549. The predicted octanol–water partition coefficient (Wildman–Crippen LogP) is 3.69. The summed E-state index contributed by atoms with van der Waals surface area (Å²) in [5.41, 5.74) is 2.95. The third-order valence-corrected chi connectivity index (χ3v) is 3.14. The molecule has 0 heterocycles. The highest BCUT2D eigenvalue weighted by molar-refractivity contribution is 6.02. The molecule has 0 spiro atoms. The summed E-state index contributed by atoms with van der Waals surface area (Å²) in [4.78, 5) is 15.7. The van der Waals surface area contributed by atoms with E-state index in [0.717, 1.165) is 11.4 Å². The molecule has 2 aromatic carbocycles. The number of hydrogen-bond acceptors (Lipinski definition) is 1. The van der Waals surface area contributed by atoms with Crippen molar-refractivity contribution in [2.75, 3.05) is 23.9 Å². The van der Waals surface area contributed by atoms with Gasteiger partial charge >= 0.3 is 6.03 Å². The van der Waals surface area contributed by atoms with Gasteiger partial charge in [0.1, 0.15) is 0 Å². The Hall–Kier alpha value is -2.29. The van der Waals surface area contributed by atoms with Crippen molar-refractivity contribution in [2.24, 2.45) is 0 Å². The first-order chi connectivity index (χ1) is 9.09. The molecule has 0 N–H and O–H groups in total. The van der Waals surface area contributed by atoms with Gasteiger partial charge in [0.2, 0.25) is 0 Å². The Labute approximate surface area is 114 Å². The first kappa shape index (κ1) is 13.1. The molecule has 0 aromatic heterocycles. The maximum Gasteiger partial charge on any atom is 0.328 e. The number of benzene rings is 2. The van der Waals surface area contributed by atoms with Crippen molar-refractivity contribution < 1.29 is 4.79 Å². The summed E-state index contributed by atoms with van der Waals surface area (Å²) in [7, 11) is 3.56. The molecular weight excluding hydrogens is 236 g/mol. The summed E-state index contributed by atoms with van der Waals surface area (Å²) < 4.78 is 0. The Morgan fingerprint density at radius 3 is 1.79 bits per heavy atom. The van der Waals surface area contributed by atoms with Crippen molar-refractivity contribution in [1.82, 2.24) is 0 Å². The highest BCUT2D eigenvalue weighted by Crippen LogP contribution is 2.18. The number of aryl methyl sites for hydroxylation is 1. The first-order valence-corrected chi connectivity index (χ1v) is 6.23. The minimum absolute atomic E-state index is 0.0601. The van der Waals surface area contributed by atoms with Gasteiger partial charge in [-0.1, -0.05) is 35.9 Å². The van der Waals surface area contributed by atoms with Gasteiger partial charge in [-0.3, -0.25) is 9.80 Å². The van der Waals surface area contributed by atoms with Gasteiger partial charge in [0.15, 0.2) is 0 Å². The van der Waals surface area contributed by atoms with E-state index in [0.29, 0.717) is 0 Å². The zero-order valence-electron chi connectivity index (χ0n) is 11.5. The minimum atomic E-state index is -0.0601. The van der Waals surface area contributed by atoms with Crippen molar-refractivity contribution in [2.45, 2.75) is 6.92 Å². The van der Waals surface area contributed by atoms with Crippen molar-refractivity contribution in [3.05, 3.63) is 60.2 Å². The SMILES string of the molecule is Cc1ccc(N(C)C(=O)N(C)c2ccccc2)cc1. The van der Waals surface area contributed by atoms with E-state index in [2.05, 4.69) is 0 Å². The van der Waals surface area contributed by atoms with E-state index in [4.69, 9.17) is 0 Å². The van der Waals surface area contributed by atoms with Gasteiger partial charge in [0, 0.05) is 25.5 Å². The minimum Gasteiger partial charge on any atom is -0.297 e. The maximum absolute atomic E-state index is 12.4. The average molecular weight is 254 g/mol. The number of amides is 2. The number of rotatable bonds is 2. The fraction of sp³-hybridized carbons (Fsp3) is 0.188. The summed E-state index contributed by atoms with van der Waals surface area (Å²) in [5.74, 6) is 0. The van der Waals surface area contributed by atoms with E-state index in [9.17, 15) is 4.79 Å². The van der Waals surface area contributed by atoms with Crippen LogP contribution in [0.3, 0.4) is 0 Å². The molecule has 19 heavy (non-hydrogen) atoms. The van der Waals surface area contributed by atoms with Crippen molar-refractivity contribution in [3.63, 3.8) is 0 Å². The Balaban J connectivity index is 2.17. The van der Waals surface area contributed by atoms with Crippen LogP contribution in [0.25, 0.3) is 0 Å². The summed E-state index contributed by atoms with van der Waals surface area (Å²) >= 11 is 0. The Morgan fingerprint density at radius 1 is 0.789 bits per heavy atom. The molecule has 0 atom stereocenters. The quantitative estimate of drug-likeness (QED) is 0.801. The molecule has 2 rings (SSSR count). The monoisotopic (exact) mass is 254 g/mol. The van der Waals surface area contributed by atoms with Crippen LogP contribution in [-0.2, 0) is 0 Å². The summed E-state index contributed by atoms with van der Waals surface area (Å²) in [6.45, 7) is 2.03. The smallest absolute Gasteiger partial charge is 0.297 e.